The number of aryl methyl sites for hydroxylation is 2. The van der Waals surface area contributed by atoms with Crippen molar-refractivity contribution in [2.24, 2.45) is 5.73 Å². The van der Waals surface area contributed by atoms with Gasteiger partial charge in [-0.1, -0.05) is 24.1 Å². The van der Waals surface area contributed by atoms with Crippen LogP contribution in [0.15, 0.2) is 36.4 Å². The van der Waals surface area contributed by atoms with Crippen LogP contribution < -0.4 is 10.6 Å². The Labute approximate surface area is 213 Å². The highest BCUT2D eigenvalue weighted by atomic mass is 35.5. The molecule has 0 saturated carbocycles. The number of rotatable bonds is 6. The first kappa shape index (κ1) is 24.4. The fourth-order valence-corrected chi connectivity index (χ4v) is 6.48. The van der Waals surface area contributed by atoms with Crippen molar-refractivity contribution in [1.29, 1.82) is 0 Å². The van der Waals surface area contributed by atoms with E-state index in [1.54, 1.807) is 6.07 Å². The minimum absolute atomic E-state index is 0.142. The van der Waals surface area contributed by atoms with Gasteiger partial charge in [0.15, 0.2) is 0 Å². The number of piperidine rings is 2. The summed E-state index contributed by atoms with van der Waals surface area (Å²) in [5, 5.41) is 10.8. The van der Waals surface area contributed by atoms with Crippen molar-refractivity contribution in [3.8, 4) is 5.75 Å². The first-order valence-corrected chi connectivity index (χ1v) is 13.5. The molecule has 188 valence electrons. The molecule has 2 saturated heterocycles. The van der Waals surface area contributed by atoms with Crippen molar-refractivity contribution >= 4 is 28.9 Å². The summed E-state index contributed by atoms with van der Waals surface area (Å²) in [7, 11) is 0. The number of phenols is 1. The Balaban J connectivity index is 1.26. The van der Waals surface area contributed by atoms with E-state index in [2.05, 4.69) is 26.8 Å². The zero-order valence-electron chi connectivity index (χ0n) is 20.5. The lowest BCUT2D eigenvalue weighted by atomic mass is 9.83. The molecule has 0 spiro atoms. The summed E-state index contributed by atoms with van der Waals surface area (Å²) < 4.78 is 0. The Bertz CT molecular complexity index is 1060. The summed E-state index contributed by atoms with van der Waals surface area (Å²) in [6.07, 6.45) is 8.06. The molecule has 0 aliphatic carbocycles. The second-order valence-corrected chi connectivity index (χ2v) is 10.8. The first-order valence-electron chi connectivity index (χ1n) is 13.1. The lowest BCUT2D eigenvalue weighted by Crippen LogP contribution is -2.63. The Morgan fingerprint density at radius 1 is 0.914 bits per heavy atom. The Morgan fingerprint density at radius 3 is 2.40 bits per heavy atom. The molecule has 2 aromatic carbocycles. The van der Waals surface area contributed by atoms with Crippen LogP contribution in [0.5, 0.6) is 5.75 Å². The van der Waals surface area contributed by atoms with Crippen molar-refractivity contribution in [3.63, 3.8) is 0 Å². The molecule has 3 aliphatic rings. The number of carbonyl (C=O) groups is 1. The fraction of sp³-hybridized carbons (Fsp3) is 0.536. The predicted molar refractivity (Wildman–Crippen MR) is 142 cm³/mol. The average Bonchev–Trinajstić information content (AvgIpc) is 3.01. The van der Waals surface area contributed by atoms with Gasteiger partial charge in [0.25, 0.3) is 0 Å². The molecule has 3 heterocycles. The van der Waals surface area contributed by atoms with Gasteiger partial charge in [-0.05, 0) is 106 Å². The van der Waals surface area contributed by atoms with Crippen LogP contribution in [-0.4, -0.2) is 65.6 Å². The Morgan fingerprint density at radius 2 is 1.66 bits per heavy atom. The van der Waals surface area contributed by atoms with Gasteiger partial charge in [0.2, 0.25) is 5.91 Å². The van der Waals surface area contributed by atoms with Gasteiger partial charge in [0, 0.05) is 36.0 Å². The molecule has 2 aromatic rings. The Kier molecular flexibility index (Phi) is 7.24. The number of hydrogen-bond acceptors (Lipinski definition) is 5. The third-order valence-electron chi connectivity index (χ3n) is 8.32. The number of benzene rings is 2. The van der Waals surface area contributed by atoms with E-state index in [1.807, 2.05) is 18.2 Å². The number of hydrogen-bond donors (Lipinski definition) is 2. The van der Waals surface area contributed by atoms with E-state index < -0.39 is 5.54 Å². The number of nitrogens with two attached hydrogens (primary N) is 1. The highest BCUT2D eigenvalue weighted by Crippen LogP contribution is 2.39. The lowest BCUT2D eigenvalue weighted by Gasteiger charge is -2.48. The first-order chi connectivity index (χ1) is 17.0. The SMILES string of the molecule is NC(=O)C1(N2CCCCC2)CCN(CCCN2c3ccc(O)cc3CCc3ccc(Cl)cc32)CC1. The second kappa shape index (κ2) is 10.4. The highest BCUT2D eigenvalue weighted by molar-refractivity contribution is 6.30. The average molecular weight is 497 g/mol. The van der Waals surface area contributed by atoms with Gasteiger partial charge in [-0.15, -0.1) is 0 Å². The number of anilines is 2. The zero-order chi connectivity index (χ0) is 24.4. The van der Waals surface area contributed by atoms with Crippen LogP contribution in [0.3, 0.4) is 0 Å². The number of likely N-dealkylation sites (tertiary alicyclic amines) is 2. The van der Waals surface area contributed by atoms with Crippen LogP contribution in [0.1, 0.15) is 49.7 Å². The molecule has 0 atom stereocenters. The van der Waals surface area contributed by atoms with E-state index in [0.29, 0.717) is 5.75 Å². The molecule has 0 aromatic heterocycles. The van der Waals surface area contributed by atoms with Gasteiger partial charge in [-0.25, -0.2) is 0 Å². The third-order valence-corrected chi connectivity index (χ3v) is 8.55. The molecule has 6 nitrogen and oxygen atoms in total. The standard InChI is InChI=1S/C28H37ClN4O2/c29-23-8-7-21-5-6-22-19-24(34)9-10-25(22)33(26(21)20-23)16-4-13-31-17-11-28(12-18-31,27(30)35)32-14-2-1-3-15-32/h7-10,19-20,34H,1-6,11-18H2,(H2,30,35). The number of nitrogens with zero attached hydrogens (tertiary/aromatic N) is 3. The molecule has 3 N–H and O–H groups in total. The maximum absolute atomic E-state index is 12.5. The van der Waals surface area contributed by atoms with E-state index in [1.165, 1.54) is 36.1 Å². The van der Waals surface area contributed by atoms with Crippen LogP contribution in [0, 0.1) is 0 Å². The molecule has 0 radical (unpaired) electrons. The van der Waals surface area contributed by atoms with Gasteiger partial charge in [-0.2, -0.15) is 0 Å². The summed E-state index contributed by atoms with van der Waals surface area (Å²) in [6, 6.07) is 11.9. The summed E-state index contributed by atoms with van der Waals surface area (Å²) in [5.41, 5.74) is 10.3. The van der Waals surface area contributed by atoms with E-state index >= 15 is 0 Å². The van der Waals surface area contributed by atoms with Crippen LogP contribution in [0.2, 0.25) is 5.02 Å². The monoisotopic (exact) mass is 496 g/mol. The molecule has 35 heavy (non-hydrogen) atoms. The number of fused-ring (bicyclic) bond motifs is 2. The summed E-state index contributed by atoms with van der Waals surface area (Å²) in [5.74, 6) is 0.171. The molecule has 7 heteroatoms. The zero-order valence-corrected chi connectivity index (χ0v) is 21.3. The molecule has 3 aliphatic heterocycles. The summed E-state index contributed by atoms with van der Waals surface area (Å²) >= 11 is 6.40. The number of phenolic OH excluding ortho intramolecular Hbond substituents is 1. The van der Waals surface area contributed by atoms with Gasteiger partial charge in [0.1, 0.15) is 11.3 Å². The molecule has 2 fully saturated rings. The highest BCUT2D eigenvalue weighted by Gasteiger charge is 2.44. The predicted octanol–water partition coefficient (Wildman–Crippen LogP) is 4.48. The number of amides is 1. The number of halogens is 1. The van der Waals surface area contributed by atoms with Crippen molar-refractivity contribution in [2.45, 2.75) is 56.9 Å². The van der Waals surface area contributed by atoms with Crippen molar-refractivity contribution in [3.05, 3.63) is 52.5 Å². The molecule has 0 bridgehead atoms. The van der Waals surface area contributed by atoms with E-state index in [9.17, 15) is 9.90 Å². The number of primary amides is 1. The van der Waals surface area contributed by atoms with Gasteiger partial charge < -0.3 is 20.6 Å². The minimum Gasteiger partial charge on any atom is -0.508 e. The molecule has 0 unspecified atom stereocenters. The molecular weight excluding hydrogens is 460 g/mol. The second-order valence-electron chi connectivity index (χ2n) is 10.4. The van der Waals surface area contributed by atoms with Gasteiger partial charge in [-0.3, -0.25) is 9.69 Å². The summed E-state index contributed by atoms with van der Waals surface area (Å²) in [4.78, 5) is 19.8. The maximum Gasteiger partial charge on any atom is 0.238 e. The largest absolute Gasteiger partial charge is 0.508 e. The lowest BCUT2D eigenvalue weighted by molar-refractivity contribution is -0.134. The maximum atomic E-state index is 12.5. The minimum atomic E-state index is -0.460. The quantitative estimate of drug-likeness (QED) is 0.617. The number of aromatic hydroxyl groups is 1. The molecule has 5 rings (SSSR count). The number of carbonyl (C=O) groups excluding carboxylic acids is 1. The normalized spacial score (nSPS) is 20.7. The van der Waals surface area contributed by atoms with Crippen LogP contribution in [0.4, 0.5) is 11.4 Å². The third kappa shape index (κ3) is 5.02. The molecule has 1 amide bonds. The fourth-order valence-electron chi connectivity index (χ4n) is 6.31. The van der Waals surface area contributed by atoms with E-state index in [4.69, 9.17) is 17.3 Å². The van der Waals surface area contributed by atoms with E-state index in [-0.39, 0.29) is 5.91 Å². The van der Waals surface area contributed by atoms with Crippen molar-refractivity contribution < 1.29 is 9.90 Å². The topological polar surface area (TPSA) is 73.0 Å². The van der Waals surface area contributed by atoms with Gasteiger partial charge >= 0.3 is 0 Å². The van der Waals surface area contributed by atoms with E-state index in [0.717, 1.165) is 82.1 Å². The van der Waals surface area contributed by atoms with Crippen LogP contribution >= 0.6 is 11.6 Å². The molecular formula is C28H37ClN4O2. The van der Waals surface area contributed by atoms with Crippen LogP contribution in [0.25, 0.3) is 0 Å². The van der Waals surface area contributed by atoms with Gasteiger partial charge in [0.05, 0.1) is 0 Å². The van der Waals surface area contributed by atoms with Crippen LogP contribution in [-0.2, 0) is 17.6 Å². The smallest absolute Gasteiger partial charge is 0.238 e. The van der Waals surface area contributed by atoms with Crippen molar-refractivity contribution in [1.82, 2.24) is 9.80 Å². The Hall–Kier alpha value is -2.28. The summed E-state index contributed by atoms with van der Waals surface area (Å²) in [6.45, 7) is 5.66. The van der Waals surface area contributed by atoms with Crippen molar-refractivity contribution in [2.75, 3.05) is 44.2 Å².